The van der Waals surface area contributed by atoms with Crippen LogP contribution in [0.1, 0.15) is 18.9 Å². The van der Waals surface area contributed by atoms with Crippen LogP contribution in [0.25, 0.3) is 10.9 Å². The molecule has 0 aliphatic rings. The van der Waals surface area contributed by atoms with E-state index in [-0.39, 0.29) is 5.82 Å². The highest BCUT2D eigenvalue weighted by molar-refractivity contribution is 5.79. The van der Waals surface area contributed by atoms with Crippen molar-refractivity contribution in [2.45, 2.75) is 19.8 Å². The maximum absolute atomic E-state index is 13.8. The fraction of sp³-hybridized carbons (Fsp3) is 0.250. The first kappa shape index (κ1) is 9.13. The Bertz CT molecular complexity index is 451. The Labute approximate surface area is 82.6 Å². The van der Waals surface area contributed by atoms with Gasteiger partial charge >= 0.3 is 0 Å². The summed E-state index contributed by atoms with van der Waals surface area (Å²) in [5.41, 5.74) is 1.44. The van der Waals surface area contributed by atoms with E-state index >= 15 is 0 Å². The average Bonchev–Trinajstić information content (AvgIpc) is 2.23. The van der Waals surface area contributed by atoms with Gasteiger partial charge in [-0.2, -0.15) is 0 Å². The van der Waals surface area contributed by atoms with Crippen molar-refractivity contribution in [3.05, 3.63) is 41.8 Å². The lowest BCUT2D eigenvalue weighted by atomic mass is 10.1. The lowest BCUT2D eigenvalue weighted by Crippen LogP contribution is -1.93. The van der Waals surface area contributed by atoms with E-state index in [2.05, 4.69) is 4.98 Å². The quantitative estimate of drug-likeness (QED) is 0.706. The Balaban J connectivity index is 2.63. The molecular formula is C12H12FN. The summed E-state index contributed by atoms with van der Waals surface area (Å²) >= 11 is 0. The van der Waals surface area contributed by atoms with Gasteiger partial charge in [0, 0.05) is 17.1 Å². The lowest BCUT2D eigenvalue weighted by molar-refractivity contribution is 0.617. The van der Waals surface area contributed by atoms with E-state index in [4.69, 9.17) is 0 Å². The standard InChI is InChI=1S/C12H12FN/c1-2-5-9-8-14-11-7-4-3-6-10(11)12(9)13/h3-4,6-8H,2,5H2,1H3. The van der Waals surface area contributed by atoms with Crippen LogP contribution in [0, 0.1) is 5.82 Å². The maximum atomic E-state index is 13.8. The molecule has 14 heavy (non-hydrogen) atoms. The number of halogens is 1. The zero-order chi connectivity index (χ0) is 9.97. The number of para-hydroxylation sites is 1. The Hall–Kier alpha value is -1.44. The van der Waals surface area contributed by atoms with E-state index in [0.717, 1.165) is 18.4 Å². The van der Waals surface area contributed by atoms with Crippen molar-refractivity contribution in [1.82, 2.24) is 4.98 Å². The molecule has 2 aromatic rings. The van der Waals surface area contributed by atoms with Crippen LogP contribution in [0.2, 0.25) is 0 Å². The van der Waals surface area contributed by atoms with Crippen molar-refractivity contribution in [2.75, 3.05) is 0 Å². The average molecular weight is 189 g/mol. The van der Waals surface area contributed by atoms with Gasteiger partial charge in [-0.1, -0.05) is 25.5 Å². The van der Waals surface area contributed by atoms with E-state index in [1.165, 1.54) is 0 Å². The van der Waals surface area contributed by atoms with E-state index in [0.29, 0.717) is 10.9 Å². The molecule has 0 atom stereocenters. The molecule has 72 valence electrons. The SMILES string of the molecule is CCCc1cnc2ccccc2c1F. The molecule has 0 aliphatic heterocycles. The number of pyridine rings is 1. The number of hydrogen-bond donors (Lipinski definition) is 0. The fourth-order valence-electron chi connectivity index (χ4n) is 1.59. The summed E-state index contributed by atoms with van der Waals surface area (Å²) in [6, 6.07) is 7.31. The largest absolute Gasteiger partial charge is 0.256 e. The van der Waals surface area contributed by atoms with E-state index in [1.54, 1.807) is 12.3 Å². The molecule has 1 aromatic carbocycles. The van der Waals surface area contributed by atoms with Crippen molar-refractivity contribution >= 4 is 10.9 Å². The third-order valence-corrected chi connectivity index (χ3v) is 2.30. The number of nitrogens with zero attached hydrogens (tertiary/aromatic N) is 1. The number of rotatable bonds is 2. The molecule has 1 heterocycles. The lowest BCUT2D eigenvalue weighted by Gasteiger charge is -2.03. The van der Waals surface area contributed by atoms with E-state index in [9.17, 15) is 4.39 Å². The van der Waals surface area contributed by atoms with Gasteiger partial charge in [0.2, 0.25) is 0 Å². The zero-order valence-corrected chi connectivity index (χ0v) is 8.13. The second-order valence-corrected chi connectivity index (χ2v) is 3.36. The van der Waals surface area contributed by atoms with Crippen LogP contribution in [0.5, 0.6) is 0 Å². The van der Waals surface area contributed by atoms with Crippen LogP contribution < -0.4 is 0 Å². The molecule has 0 spiro atoms. The molecular weight excluding hydrogens is 177 g/mol. The summed E-state index contributed by atoms with van der Waals surface area (Å²) < 4.78 is 13.8. The smallest absolute Gasteiger partial charge is 0.137 e. The number of benzene rings is 1. The molecule has 0 radical (unpaired) electrons. The van der Waals surface area contributed by atoms with Gasteiger partial charge in [0.1, 0.15) is 5.82 Å². The van der Waals surface area contributed by atoms with Crippen molar-refractivity contribution < 1.29 is 4.39 Å². The zero-order valence-electron chi connectivity index (χ0n) is 8.13. The molecule has 1 aromatic heterocycles. The Morgan fingerprint density at radius 1 is 1.29 bits per heavy atom. The van der Waals surface area contributed by atoms with Gasteiger partial charge in [-0.15, -0.1) is 0 Å². The Morgan fingerprint density at radius 3 is 2.86 bits per heavy atom. The first-order valence-electron chi connectivity index (χ1n) is 4.85. The molecule has 0 bridgehead atoms. The second kappa shape index (κ2) is 3.74. The first-order chi connectivity index (χ1) is 6.83. The van der Waals surface area contributed by atoms with Crippen molar-refractivity contribution in [3.8, 4) is 0 Å². The number of aromatic nitrogens is 1. The van der Waals surface area contributed by atoms with E-state index in [1.807, 2.05) is 25.1 Å². The molecule has 1 nitrogen and oxygen atoms in total. The highest BCUT2D eigenvalue weighted by Crippen LogP contribution is 2.19. The molecule has 0 saturated heterocycles. The van der Waals surface area contributed by atoms with Gasteiger partial charge in [0.15, 0.2) is 0 Å². The summed E-state index contributed by atoms with van der Waals surface area (Å²) in [7, 11) is 0. The number of aryl methyl sites for hydroxylation is 1. The molecule has 0 saturated carbocycles. The van der Waals surface area contributed by atoms with Crippen molar-refractivity contribution in [3.63, 3.8) is 0 Å². The van der Waals surface area contributed by atoms with Gasteiger partial charge in [0.05, 0.1) is 5.52 Å². The van der Waals surface area contributed by atoms with Crippen LogP contribution in [0.15, 0.2) is 30.5 Å². The van der Waals surface area contributed by atoms with Crippen LogP contribution in [-0.4, -0.2) is 4.98 Å². The minimum atomic E-state index is -0.113. The summed E-state index contributed by atoms with van der Waals surface area (Å²) in [5, 5.41) is 0.624. The minimum absolute atomic E-state index is 0.113. The maximum Gasteiger partial charge on any atom is 0.137 e. The third kappa shape index (κ3) is 1.48. The minimum Gasteiger partial charge on any atom is -0.256 e. The normalized spacial score (nSPS) is 10.7. The molecule has 2 heteroatoms. The number of hydrogen-bond acceptors (Lipinski definition) is 1. The van der Waals surface area contributed by atoms with E-state index < -0.39 is 0 Å². The summed E-state index contributed by atoms with van der Waals surface area (Å²) in [6.07, 6.45) is 3.34. The van der Waals surface area contributed by atoms with Gasteiger partial charge in [-0.25, -0.2) is 4.39 Å². The predicted molar refractivity (Wildman–Crippen MR) is 55.7 cm³/mol. The fourth-order valence-corrected chi connectivity index (χ4v) is 1.59. The predicted octanol–water partition coefficient (Wildman–Crippen LogP) is 3.33. The van der Waals surface area contributed by atoms with Crippen molar-refractivity contribution in [1.29, 1.82) is 0 Å². The topological polar surface area (TPSA) is 12.9 Å². The summed E-state index contributed by atoms with van der Waals surface area (Å²) in [4.78, 5) is 4.22. The van der Waals surface area contributed by atoms with Crippen LogP contribution in [0.4, 0.5) is 4.39 Å². The summed E-state index contributed by atoms with van der Waals surface area (Å²) in [6.45, 7) is 2.04. The summed E-state index contributed by atoms with van der Waals surface area (Å²) in [5.74, 6) is -0.113. The first-order valence-corrected chi connectivity index (χ1v) is 4.85. The van der Waals surface area contributed by atoms with Crippen molar-refractivity contribution in [2.24, 2.45) is 0 Å². The van der Waals surface area contributed by atoms with Gasteiger partial charge in [-0.05, 0) is 18.6 Å². The van der Waals surface area contributed by atoms with Gasteiger partial charge in [-0.3, -0.25) is 4.98 Å². The van der Waals surface area contributed by atoms with Gasteiger partial charge in [0.25, 0.3) is 0 Å². The molecule has 0 N–H and O–H groups in total. The Kier molecular flexibility index (Phi) is 2.44. The molecule has 0 aliphatic carbocycles. The molecule has 0 unspecified atom stereocenters. The van der Waals surface area contributed by atoms with Crippen LogP contribution >= 0.6 is 0 Å². The highest BCUT2D eigenvalue weighted by atomic mass is 19.1. The van der Waals surface area contributed by atoms with Gasteiger partial charge < -0.3 is 0 Å². The van der Waals surface area contributed by atoms with Crippen LogP contribution in [0.3, 0.4) is 0 Å². The molecule has 0 amide bonds. The monoisotopic (exact) mass is 189 g/mol. The van der Waals surface area contributed by atoms with Crippen LogP contribution in [-0.2, 0) is 6.42 Å². The highest BCUT2D eigenvalue weighted by Gasteiger charge is 2.06. The number of fused-ring (bicyclic) bond motifs is 1. The molecule has 2 rings (SSSR count). The second-order valence-electron chi connectivity index (χ2n) is 3.36. The Morgan fingerprint density at radius 2 is 2.07 bits per heavy atom. The molecule has 0 fully saturated rings. The third-order valence-electron chi connectivity index (χ3n) is 2.30.